The fourth-order valence-corrected chi connectivity index (χ4v) is 4.36. The van der Waals surface area contributed by atoms with E-state index in [4.69, 9.17) is 4.74 Å². The van der Waals surface area contributed by atoms with Gasteiger partial charge in [0, 0.05) is 39.7 Å². The maximum absolute atomic E-state index is 14.0. The topological polar surface area (TPSA) is 101 Å². The Morgan fingerprint density at radius 1 is 1.00 bits per heavy atom. The van der Waals surface area contributed by atoms with E-state index >= 15 is 0 Å². The van der Waals surface area contributed by atoms with Crippen molar-refractivity contribution < 1.29 is 26.3 Å². The van der Waals surface area contributed by atoms with Crippen LogP contribution in [-0.2, 0) is 16.2 Å². The number of aryl methyl sites for hydroxylation is 1. The number of halogens is 3. The Hall–Kier alpha value is -3.86. The van der Waals surface area contributed by atoms with Crippen molar-refractivity contribution in [3.8, 4) is 28.0 Å². The summed E-state index contributed by atoms with van der Waals surface area (Å²) in [7, 11) is -2.32. The lowest BCUT2D eigenvalue weighted by atomic mass is 9.96. The second-order valence-corrected chi connectivity index (χ2v) is 9.71. The highest BCUT2D eigenvalue weighted by molar-refractivity contribution is 7.92. The Balaban J connectivity index is 1.96. The van der Waals surface area contributed by atoms with Crippen molar-refractivity contribution in [2.45, 2.75) is 13.1 Å². The largest absolute Gasteiger partial charge is 0.495 e. The molecule has 0 aliphatic heterocycles. The molecule has 35 heavy (non-hydrogen) atoms. The number of aromatic nitrogens is 2. The molecule has 0 spiro atoms. The number of pyridine rings is 2. The van der Waals surface area contributed by atoms with E-state index in [0.29, 0.717) is 22.5 Å². The van der Waals surface area contributed by atoms with E-state index in [1.807, 2.05) is 0 Å². The van der Waals surface area contributed by atoms with E-state index < -0.39 is 33.1 Å². The monoisotopic (exact) mass is 503 g/mol. The lowest BCUT2D eigenvalue weighted by molar-refractivity contribution is -0.138. The maximum atomic E-state index is 14.0. The molecule has 0 saturated heterocycles. The van der Waals surface area contributed by atoms with Crippen molar-refractivity contribution in [2.75, 3.05) is 18.1 Å². The van der Waals surface area contributed by atoms with Gasteiger partial charge in [-0.25, -0.2) is 8.42 Å². The predicted molar refractivity (Wildman–Crippen MR) is 128 cm³/mol. The number of alkyl halides is 3. The van der Waals surface area contributed by atoms with Crippen LogP contribution in [0.15, 0.2) is 59.5 Å². The minimum atomic E-state index is -4.75. The van der Waals surface area contributed by atoms with Gasteiger partial charge in [-0.15, -0.1) is 0 Å². The number of hydrogen-bond donors (Lipinski definition) is 2. The van der Waals surface area contributed by atoms with Crippen LogP contribution >= 0.6 is 0 Å². The third kappa shape index (κ3) is 4.99. The maximum Gasteiger partial charge on any atom is 0.420 e. The van der Waals surface area contributed by atoms with Crippen LogP contribution in [-0.4, -0.2) is 31.8 Å². The van der Waals surface area contributed by atoms with Gasteiger partial charge < -0.3 is 9.72 Å². The average Bonchev–Trinajstić information content (AvgIpc) is 2.76. The molecule has 2 heterocycles. The lowest BCUT2D eigenvalue weighted by Gasteiger charge is -2.18. The normalized spacial score (nSPS) is 12.1. The summed E-state index contributed by atoms with van der Waals surface area (Å²) >= 11 is 0. The van der Waals surface area contributed by atoms with Crippen molar-refractivity contribution >= 4 is 26.6 Å². The van der Waals surface area contributed by atoms with E-state index in [1.165, 1.54) is 30.5 Å². The van der Waals surface area contributed by atoms with E-state index in [9.17, 15) is 26.4 Å². The van der Waals surface area contributed by atoms with Crippen LogP contribution < -0.4 is 15.0 Å². The van der Waals surface area contributed by atoms with Crippen molar-refractivity contribution in [1.82, 2.24) is 9.97 Å². The Kier molecular flexibility index (Phi) is 6.05. The third-order valence-electron chi connectivity index (χ3n) is 5.30. The molecule has 2 aromatic heterocycles. The molecule has 0 amide bonds. The van der Waals surface area contributed by atoms with Crippen LogP contribution in [0.5, 0.6) is 5.75 Å². The standard InChI is InChI=1S/C24H20F3N3O4S/c1-13-4-9-17(23(31)29-13)18-11-20(24(25,26)27)22(34-2)19-10-15(12-28-21(18)19)14-5-7-16(8-6-14)30-35(3,32)33/h4-12,30H,1-3H3,(H,29,31). The number of anilines is 1. The summed E-state index contributed by atoms with van der Waals surface area (Å²) in [6, 6.07) is 11.7. The predicted octanol–water partition coefficient (Wildman–Crippen LogP) is 4.96. The van der Waals surface area contributed by atoms with Crippen LogP contribution in [0.25, 0.3) is 33.2 Å². The van der Waals surface area contributed by atoms with Gasteiger partial charge in [-0.1, -0.05) is 12.1 Å². The van der Waals surface area contributed by atoms with Gasteiger partial charge in [-0.3, -0.25) is 14.5 Å². The number of H-pyrrole nitrogens is 1. The molecule has 7 nitrogen and oxygen atoms in total. The first-order chi connectivity index (χ1) is 16.4. The molecule has 11 heteroatoms. The van der Waals surface area contributed by atoms with Crippen molar-refractivity contribution in [3.63, 3.8) is 0 Å². The molecule has 0 aliphatic rings. The third-order valence-corrected chi connectivity index (χ3v) is 5.90. The van der Waals surface area contributed by atoms with E-state index in [-0.39, 0.29) is 22.0 Å². The number of nitrogens with one attached hydrogen (secondary N) is 2. The number of rotatable bonds is 5. The molecule has 0 aliphatic carbocycles. The zero-order chi connectivity index (χ0) is 25.5. The molecule has 0 atom stereocenters. The smallest absolute Gasteiger partial charge is 0.420 e. The minimum absolute atomic E-state index is 0.0219. The fraction of sp³-hybridized carbons (Fsp3) is 0.167. The van der Waals surface area contributed by atoms with E-state index in [0.717, 1.165) is 19.4 Å². The summed E-state index contributed by atoms with van der Waals surface area (Å²) in [5, 5.41) is 0.0770. The molecule has 0 bridgehead atoms. The first-order valence-electron chi connectivity index (χ1n) is 10.2. The molecule has 182 valence electrons. The Bertz CT molecular complexity index is 1600. The van der Waals surface area contributed by atoms with Crippen molar-refractivity contribution in [1.29, 1.82) is 0 Å². The number of nitrogens with zero attached hydrogens (tertiary/aromatic N) is 1. The van der Waals surface area contributed by atoms with Crippen LogP contribution in [0.1, 0.15) is 11.3 Å². The SMILES string of the molecule is COc1c(C(F)(F)F)cc(-c2ccc(C)[nH]c2=O)c2ncc(-c3ccc(NS(C)(=O)=O)cc3)cc12. The zero-order valence-electron chi connectivity index (χ0n) is 18.8. The zero-order valence-corrected chi connectivity index (χ0v) is 19.6. The number of methoxy groups -OCH3 is 1. The van der Waals surface area contributed by atoms with Gasteiger partial charge in [0.15, 0.2) is 0 Å². The molecule has 4 rings (SSSR count). The van der Waals surface area contributed by atoms with Gasteiger partial charge in [0.25, 0.3) is 5.56 Å². The van der Waals surface area contributed by atoms with Gasteiger partial charge in [0.05, 0.1) is 24.4 Å². The highest BCUT2D eigenvalue weighted by Gasteiger charge is 2.36. The summed E-state index contributed by atoms with van der Waals surface area (Å²) in [5.74, 6) is -0.412. The highest BCUT2D eigenvalue weighted by Crippen LogP contribution is 2.44. The Morgan fingerprint density at radius 3 is 2.26 bits per heavy atom. The lowest BCUT2D eigenvalue weighted by Crippen LogP contribution is -2.13. The minimum Gasteiger partial charge on any atom is -0.495 e. The second kappa shape index (κ2) is 8.73. The van der Waals surface area contributed by atoms with Gasteiger partial charge >= 0.3 is 6.18 Å². The van der Waals surface area contributed by atoms with Crippen LogP contribution in [0, 0.1) is 6.92 Å². The average molecular weight is 504 g/mol. The fourth-order valence-electron chi connectivity index (χ4n) is 3.80. The molecule has 0 saturated carbocycles. The Labute approximate surface area is 198 Å². The molecule has 0 fully saturated rings. The molecule has 2 aromatic carbocycles. The molecule has 2 N–H and O–H groups in total. The van der Waals surface area contributed by atoms with Crippen molar-refractivity contribution in [2.24, 2.45) is 0 Å². The highest BCUT2D eigenvalue weighted by atomic mass is 32.2. The number of hydrogen-bond acceptors (Lipinski definition) is 5. The molecular weight excluding hydrogens is 483 g/mol. The summed E-state index contributed by atoms with van der Waals surface area (Å²) in [5.41, 5.74) is 0.637. The number of fused-ring (bicyclic) bond motifs is 1. The van der Waals surface area contributed by atoms with E-state index in [1.54, 1.807) is 25.1 Å². The summed E-state index contributed by atoms with van der Waals surface area (Å²) in [4.78, 5) is 19.6. The van der Waals surface area contributed by atoms with Gasteiger partial charge in [-0.2, -0.15) is 13.2 Å². The number of aromatic amines is 1. The summed E-state index contributed by atoms with van der Waals surface area (Å²) < 4.78 is 72.3. The first kappa shape index (κ1) is 24.3. The van der Waals surface area contributed by atoms with Gasteiger partial charge in [-0.05, 0) is 48.9 Å². The summed E-state index contributed by atoms with van der Waals surface area (Å²) in [6.45, 7) is 1.67. The number of sulfonamides is 1. The molecule has 0 unspecified atom stereocenters. The quantitative estimate of drug-likeness (QED) is 0.401. The van der Waals surface area contributed by atoms with Crippen LogP contribution in [0.3, 0.4) is 0 Å². The van der Waals surface area contributed by atoms with Gasteiger partial charge in [0.1, 0.15) is 5.75 Å². The first-order valence-corrected chi connectivity index (χ1v) is 12.1. The molecule has 4 aromatic rings. The van der Waals surface area contributed by atoms with Crippen LogP contribution in [0.2, 0.25) is 0 Å². The number of ether oxygens (including phenoxy) is 1. The van der Waals surface area contributed by atoms with Crippen LogP contribution in [0.4, 0.5) is 18.9 Å². The second-order valence-electron chi connectivity index (χ2n) is 7.96. The van der Waals surface area contributed by atoms with Gasteiger partial charge in [0.2, 0.25) is 10.0 Å². The summed E-state index contributed by atoms with van der Waals surface area (Å²) in [6.07, 6.45) is -2.25. The molecule has 0 radical (unpaired) electrons. The Morgan fingerprint density at radius 2 is 1.69 bits per heavy atom. The molecular formula is C24H20F3N3O4S. The number of benzene rings is 2. The van der Waals surface area contributed by atoms with Crippen molar-refractivity contribution in [3.05, 3.63) is 76.3 Å². The van der Waals surface area contributed by atoms with E-state index in [2.05, 4.69) is 14.7 Å².